The van der Waals surface area contributed by atoms with Crippen molar-refractivity contribution in [2.24, 2.45) is 0 Å². The molecule has 0 saturated carbocycles. The second kappa shape index (κ2) is 9.49. The summed E-state index contributed by atoms with van der Waals surface area (Å²) in [4.78, 5) is 17.0. The van der Waals surface area contributed by atoms with Crippen LogP contribution in [0.15, 0.2) is 84.9 Å². The Labute approximate surface area is 201 Å². The predicted molar refractivity (Wildman–Crippen MR) is 131 cm³/mol. The number of rotatable bonds is 5. The average Bonchev–Trinajstić information content (AvgIpc) is 3.26. The van der Waals surface area contributed by atoms with Gasteiger partial charge in [-0.25, -0.2) is 9.07 Å². The number of carbonyl (C=O) groups excluding carboxylic acids is 1. The number of amides is 1. The molecular weight excluding hydrogens is 453 g/mol. The van der Waals surface area contributed by atoms with Gasteiger partial charge in [0.1, 0.15) is 5.82 Å². The lowest BCUT2D eigenvalue weighted by Crippen LogP contribution is -2.28. The number of anilines is 2. The van der Waals surface area contributed by atoms with Gasteiger partial charge in [0.05, 0.1) is 12.1 Å². The number of benzene rings is 3. The number of nitrogens with zero attached hydrogens (tertiary/aromatic N) is 3. The van der Waals surface area contributed by atoms with Gasteiger partial charge in [-0.3, -0.25) is 10.1 Å². The van der Waals surface area contributed by atoms with Gasteiger partial charge >= 0.3 is 0 Å². The molecule has 0 saturated heterocycles. The van der Waals surface area contributed by atoms with Crippen LogP contribution < -0.4 is 10.6 Å². The monoisotopic (exact) mass is 473 g/mol. The standard InChI is InChI=1S/C26H21ClFN5O/c27-21-9-5-4-8-20(21)23-16-22(18-6-2-1-3-7-18)29-26-31-25(32-33(23)26)30-24(34)15-12-17-10-13-19(28)14-11-17/h1-15,22-23H,16H2,(H2,29,30,31,32,34)/b15-12+/t22-,23-/m0/s1. The summed E-state index contributed by atoms with van der Waals surface area (Å²) >= 11 is 6.53. The molecule has 5 rings (SSSR count). The van der Waals surface area contributed by atoms with E-state index in [9.17, 15) is 9.18 Å². The molecule has 1 aliphatic heterocycles. The molecule has 2 heterocycles. The topological polar surface area (TPSA) is 71.8 Å². The molecule has 1 aliphatic rings. The van der Waals surface area contributed by atoms with Crippen molar-refractivity contribution < 1.29 is 9.18 Å². The third-order valence-electron chi connectivity index (χ3n) is 5.69. The van der Waals surface area contributed by atoms with Crippen LogP contribution in [0.3, 0.4) is 0 Å². The number of nitrogens with one attached hydrogen (secondary N) is 2. The van der Waals surface area contributed by atoms with Gasteiger partial charge < -0.3 is 5.32 Å². The van der Waals surface area contributed by atoms with Gasteiger partial charge in [-0.15, -0.1) is 5.10 Å². The maximum atomic E-state index is 13.1. The van der Waals surface area contributed by atoms with Gasteiger partial charge in [-0.2, -0.15) is 4.98 Å². The Morgan fingerprint density at radius 3 is 2.56 bits per heavy atom. The summed E-state index contributed by atoms with van der Waals surface area (Å²) in [5, 5.41) is 11.3. The fourth-order valence-electron chi connectivity index (χ4n) is 4.04. The van der Waals surface area contributed by atoms with Crippen LogP contribution in [-0.4, -0.2) is 20.7 Å². The van der Waals surface area contributed by atoms with Gasteiger partial charge in [0.2, 0.25) is 5.95 Å². The lowest BCUT2D eigenvalue weighted by atomic mass is 9.93. The molecule has 0 unspecified atom stereocenters. The second-order valence-electron chi connectivity index (χ2n) is 7.96. The van der Waals surface area contributed by atoms with Crippen molar-refractivity contribution in [3.05, 3.63) is 112 Å². The van der Waals surface area contributed by atoms with Crippen LogP contribution in [0.25, 0.3) is 6.08 Å². The maximum Gasteiger partial charge on any atom is 0.250 e. The van der Waals surface area contributed by atoms with Gasteiger partial charge in [-0.05, 0) is 47.4 Å². The van der Waals surface area contributed by atoms with Crippen LogP contribution in [0.1, 0.15) is 35.2 Å². The molecule has 4 aromatic rings. The van der Waals surface area contributed by atoms with Crippen molar-refractivity contribution >= 4 is 35.5 Å². The zero-order valence-electron chi connectivity index (χ0n) is 18.0. The highest BCUT2D eigenvalue weighted by molar-refractivity contribution is 6.31. The van der Waals surface area contributed by atoms with Crippen LogP contribution in [0.4, 0.5) is 16.3 Å². The summed E-state index contributed by atoms with van der Waals surface area (Å²) in [5.41, 5.74) is 2.77. The van der Waals surface area contributed by atoms with Crippen molar-refractivity contribution in [3.8, 4) is 0 Å². The summed E-state index contributed by atoms with van der Waals surface area (Å²) in [6, 6.07) is 23.5. The molecule has 0 bridgehead atoms. The summed E-state index contributed by atoms with van der Waals surface area (Å²) < 4.78 is 14.8. The summed E-state index contributed by atoms with van der Waals surface area (Å²) in [5.74, 6) is 0.00908. The van der Waals surface area contributed by atoms with Crippen LogP contribution in [0.2, 0.25) is 5.02 Å². The first-order valence-corrected chi connectivity index (χ1v) is 11.2. The largest absolute Gasteiger partial charge is 0.347 e. The molecule has 8 heteroatoms. The Morgan fingerprint density at radius 2 is 1.79 bits per heavy atom. The van der Waals surface area contributed by atoms with E-state index in [2.05, 4.69) is 32.8 Å². The number of hydrogen-bond donors (Lipinski definition) is 2. The second-order valence-corrected chi connectivity index (χ2v) is 8.37. The van der Waals surface area contributed by atoms with Gasteiger partial charge in [0, 0.05) is 11.1 Å². The Kier molecular flexibility index (Phi) is 6.10. The van der Waals surface area contributed by atoms with E-state index in [1.807, 2.05) is 42.5 Å². The predicted octanol–water partition coefficient (Wildman–Crippen LogP) is 5.87. The average molecular weight is 474 g/mol. The van der Waals surface area contributed by atoms with E-state index in [1.54, 1.807) is 22.9 Å². The normalized spacial score (nSPS) is 17.2. The summed E-state index contributed by atoms with van der Waals surface area (Å²) in [6.07, 6.45) is 3.67. The third kappa shape index (κ3) is 4.70. The minimum Gasteiger partial charge on any atom is -0.347 e. The van der Waals surface area contributed by atoms with E-state index >= 15 is 0 Å². The van der Waals surface area contributed by atoms with E-state index in [-0.39, 0.29) is 29.8 Å². The molecule has 1 aromatic heterocycles. The third-order valence-corrected chi connectivity index (χ3v) is 6.03. The fraction of sp³-hybridized carbons (Fsp3) is 0.115. The number of fused-ring (bicyclic) bond motifs is 1. The summed E-state index contributed by atoms with van der Waals surface area (Å²) in [6.45, 7) is 0. The molecule has 1 amide bonds. The molecule has 2 N–H and O–H groups in total. The zero-order chi connectivity index (χ0) is 23.5. The number of carbonyl (C=O) groups is 1. The van der Waals surface area contributed by atoms with E-state index in [1.165, 1.54) is 18.2 Å². The van der Waals surface area contributed by atoms with Crippen LogP contribution in [-0.2, 0) is 4.79 Å². The highest BCUT2D eigenvalue weighted by atomic mass is 35.5. The molecule has 0 fully saturated rings. The highest BCUT2D eigenvalue weighted by Gasteiger charge is 2.32. The Morgan fingerprint density at radius 1 is 1.06 bits per heavy atom. The molecule has 3 aromatic carbocycles. The number of halogens is 2. The van der Waals surface area contributed by atoms with E-state index in [0.29, 0.717) is 23.0 Å². The molecule has 6 nitrogen and oxygen atoms in total. The van der Waals surface area contributed by atoms with Gasteiger partial charge in [-0.1, -0.05) is 72.3 Å². The quantitative estimate of drug-likeness (QED) is 0.356. The molecule has 0 aliphatic carbocycles. The van der Waals surface area contributed by atoms with Crippen molar-refractivity contribution in [3.63, 3.8) is 0 Å². The van der Waals surface area contributed by atoms with E-state index < -0.39 is 0 Å². The lowest BCUT2D eigenvalue weighted by molar-refractivity contribution is -0.111. The molecule has 0 spiro atoms. The Bertz CT molecular complexity index is 1340. The zero-order valence-corrected chi connectivity index (χ0v) is 18.8. The van der Waals surface area contributed by atoms with Crippen molar-refractivity contribution in [2.45, 2.75) is 18.5 Å². The van der Waals surface area contributed by atoms with Crippen molar-refractivity contribution in [1.82, 2.24) is 14.8 Å². The smallest absolute Gasteiger partial charge is 0.250 e. The first-order chi connectivity index (χ1) is 16.6. The van der Waals surface area contributed by atoms with Crippen LogP contribution in [0.5, 0.6) is 0 Å². The highest BCUT2D eigenvalue weighted by Crippen LogP contribution is 2.40. The molecule has 0 radical (unpaired) electrons. The SMILES string of the molecule is O=C(/C=C/c1ccc(F)cc1)Nc1nc2n(n1)[C@H](c1ccccc1Cl)C[C@@H](c1ccccc1)N2. The minimum absolute atomic E-state index is 0.00102. The maximum absolute atomic E-state index is 13.1. The first-order valence-electron chi connectivity index (χ1n) is 10.8. The van der Waals surface area contributed by atoms with E-state index in [0.717, 1.165) is 11.1 Å². The molecular formula is C26H21ClFN5O. The fourth-order valence-corrected chi connectivity index (χ4v) is 4.30. The molecule has 2 atom stereocenters. The van der Waals surface area contributed by atoms with Crippen LogP contribution in [0, 0.1) is 5.82 Å². The van der Waals surface area contributed by atoms with E-state index in [4.69, 9.17) is 11.6 Å². The number of hydrogen-bond acceptors (Lipinski definition) is 4. The molecule has 34 heavy (non-hydrogen) atoms. The molecule has 170 valence electrons. The Balaban J connectivity index is 1.42. The van der Waals surface area contributed by atoms with Crippen molar-refractivity contribution in [2.75, 3.05) is 10.6 Å². The van der Waals surface area contributed by atoms with Crippen molar-refractivity contribution in [1.29, 1.82) is 0 Å². The van der Waals surface area contributed by atoms with Gasteiger partial charge in [0.15, 0.2) is 0 Å². The number of aromatic nitrogens is 3. The first kappa shape index (κ1) is 21.9. The van der Waals surface area contributed by atoms with Crippen LogP contribution >= 0.6 is 11.6 Å². The lowest BCUT2D eigenvalue weighted by Gasteiger charge is -2.32. The van der Waals surface area contributed by atoms with Gasteiger partial charge in [0.25, 0.3) is 11.9 Å². The summed E-state index contributed by atoms with van der Waals surface area (Å²) in [7, 11) is 0. The Hall–Kier alpha value is -3.97. The minimum atomic E-state index is -0.388.